The molecular formula is C5H14AlP. The van der Waals surface area contributed by atoms with Crippen molar-refractivity contribution in [2.75, 3.05) is 13.3 Å². The van der Waals surface area contributed by atoms with E-state index >= 15 is 0 Å². The van der Waals surface area contributed by atoms with Gasteiger partial charge in [-0.25, -0.2) is 0 Å². The van der Waals surface area contributed by atoms with Crippen LogP contribution in [0.5, 0.6) is 0 Å². The maximum atomic E-state index is 3.70. The zero-order chi connectivity index (χ0) is 3.58. The van der Waals surface area contributed by atoms with Crippen molar-refractivity contribution < 1.29 is 0 Å². The molecule has 7 heavy (non-hydrogen) atoms. The van der Waals surface area contributed by atoms with Crippen LogP contribution in [-0.4, -0.2) is 30.7 Å². The zero-order valence-electron chi connectivity index (χ0n) is 5.73. The molecule has 0 heterocycles. The van der Waals surface area contributed by atoms with Gasteiger partial charge in [-0.05, 0) is 0 Å². The minimum Gasteiger partial charge on any atom is -0.358 e. The normalized spacial score (nSPS) is 5.14. The van der Waals surface area contributed by atoms with E-state index in [1.807, 2.05) is 0 Å². The fourth-order valence-corrected chi connectivity index (χ4v) is 0. The Hall–Kier alpha value is 0.962. The summed E-state index contributed by atoms with van der Waals surface area (Å²) >= 11 is 0. The van der Waals surface area contributed by atoms with E-state index in [2.05, 4.69) is 20.0 Å². The van der Waals surface area contributed by atoms with Gasteiger partial charge in [0.25, 0.3) is 0 Å². The van der Waals surface area contributed by atoms with Crippen LogP contribution in [0.25, 0.3) is 0 Å². The Kier molecular flexibility index (Phi) is 55.4. The molecule has 0 aromatic rings. The molecule has 2 heteroatoms. The first kappa shape index (κ1) is 24.6. The molecule has 0 amide bonds. The SMILES string of the molecule is [Al+3].[CH2-]P(C)C.[CH3-].[CH3-]. The van der Waals surface area contributed by atoms with Gasteiger partial charge in [0.05, 0.1) is 0 Å². The van der Waals surface area contributed by atoms with E-state index in [1.54, 1.807) is 0 Å². The Labute approximate surface area is 60.6 Å². The van der Waals surface area contributed by atoms with Crippen molar-refractivity contribution in [3.63, 3.8) is 0 Å². The van der Waals surface area contributed by atoms with Gasteiger partial charge in [-0.2, -0.15) is 0 Å². The van der Waals surface area contributed by atoms with Crippen LogP contribution in [-0.2, 0) is 0 Å². The maximum Gasteiger partial charge on any atom is 3.00 e. The molecule has 0 N–H and O–H groups in total. The van der Waals surface area contributed by atoms with Crippen molar-refractivity contribution >= 4 is 25.3 Å². The molecule has 0 aromatic heterocycles. The second-order valence-electron chi connectivity index (χ2n) is 1.08. The molecular weight excluding hydrogens is 118 g/mol. The van der Waals surface area contributed by atoms with Crippen molar-refractivity contribution in [1.82, 2.24) is 0 Å². The number of rotatable bonds is 0. The fourth-order valence-electron chi connectivity index (χ4n) is 0. The second kappa shape index (κ2) is 15.8. The molecule has 0 aliphatic rings. The van der Waals surface area contributed by atoms with Crippen molar-refractivity contribution in [1.29, 1.82) is 0 Å². The molecule has 0 aliphatic carbocycles. The molecule has 0 fully saturated rings. The van der Waals surface area contributed by atoms with E-state index < -0.39 is 0 Å². The second-order valence-corrected chi connectivity index (χ2v) is 3.24. The summed E-state index contributed by atoms with van der Waals surface area (Å²) in [5, 5.41) is 0. The third-order valence-corrected chi connectivity index (χ3v) is 0. The number of hydrogen-bond acceptors (Lipinski definition) is 0. The van der Waals surface area contributed by atoms with Crippen molar-refractivity contribution in [3.05, 3.63) is 21.5 Å². The van der Waals surface area contributed by atoms with Crippen LogP contribution >= 0.6 is 7.92 Å². The van der Waals surface area contributed by atoms with E-state index in [4.69, 9.17) is 0 Å². The van der Waals surface area contributed by atoms with Crippen molar-refractivity contribution in [2.45, 2.75) is 0 Å². The van der Waals surface area contributed by atoms with Gasteiger partial charge in [-0.1, -0.05) is 13.3 Å². The van der Waals surface area contributed by atoms with Gasteiger partial charge < -0.3 is 21.5 Å². The predicted octanol–water partition coefficient (Wildman–Crippen LogP) is 2.04. The van der Waals surface area contributed by atoms with Crippen LogP contribution in [0.1, 0.15) is 0 Å². The molecule has 0 saturated carbocycles. The molecule has 0 unspecified atom stereocenters. The minimum absolute atomic E-state index is 0. The standard InChI is InChI=1S/C3H8P.2CH3.Al/c1-4(2)3;;;/h1H2,2-3H3;2*1H3;/q3*-1;+3. The largest absolute Gasteiger partial charge is 3.00 e. The summed E-state index contributed by atoms with van der Waals surface area (Å²) in [6.07, 6.45) is 0. The van der Waals surface area contributed by atoms with E-state index in [0.717, 1.165) is 0 Å². The van der Waals surface area contributed by atoms with Crippen molar-refractivity contribution in [2.24, 2.45) is 0 Å². The van der Waals surface area contributed by atoms with Crippen LogP contribution in [0.15, 0.2) is 0 Å². The molecule has 0 aromatic carbocycles. The van der Waals surface area contributed by atoms with Gasteiger partial charge in [0.1, 0.15) is 0 Å². The summed E-state index contributed by atoms with van der Waals surface area (Å²) in [4.78, 5) is 0. The summed E-state index contributed by atoms with van der Waals surface area (Å²) in [6.45, 7) is 7.94. The molecule has 0 spiro atoms. The Morgan fingerprint density at radius 2 is 1.14 bits per heavy atom. The minimum atomic E-state index is 0. The van der Waals surface area contributed by atoms with Gasteiger partial charge in [0.15, 0.2) is 0 Å². The molecule has 0 rings (SSSR count). The fraction of sp³-hybridized carbons (Fsp3) is 0.400. The molecule has 0 aliphatic heterocycles. The Morgan fingerprint density at radius 3 is 1.14 bits per heavy atom. The molecule has 0 nitrogen and oxygen atoms in total. The molecule has 42 valence electrons. The van der Waals surface area contributed by atoms with E-state index in [-0.39, 0.29) is 40.1 Å². The summed E-state index contributed by atoms with van der Waals surface area (Å²) < 4.78 is 0. The smallest absolute Gasteiger partial charge is 0.358 e. The summed E-state index contributed by atoms with van der Waals surface area (Å²) in [5.41, 5.74) is 0. The molecule has 0 saturated heterocycles. The zero-order valence-corrected chi connectivity index (χ0v) is 7.78. The van der Waals surface area contributed by atoms with Gasteiger partial charge >= 0.3 is 17.4 Å². The van der Waals surface area contributed by atoms with Crippen LogP contribution in [0.2, 0.25) is 0 Å². The topological polar surface area (TPSA) is 0 Å². The quantitative estimate of drug-likeness (QED) is 0.269. The summed E-state index contributed by atoms with van der Waals surface area (Å²) in [6, 6.07) is 0. The van der Waals surface area contributed by atoms with Gasteiger partial charge in [-0.15, -0.1) is 0 Å². The van der Waals surface area contributed by atoms with Crippen LogP contribution in [0.3, 0.4) is 0 Å². The third-order valence-electron chi connectivity index (χ3n) is 0. The van der Waals surface area contributed by atoms with Crippen LogP contribution < -0.4 is 0 Å². The predicted molar refractivity (Wildman–Crippen MR) is 42.7 cm³/mol. The Balaban J connectivity index is -0.0000000150. The van der Waals surface area contributed by atoms with Crippen LogP contribution in [0.4, 0.5) is 0 Å². The van der Waals surface area contributed by atoms with Gasteiger partial charge in [-0.3, -0.25) is 7.92 Å². The van der Waals surface area contributed by atoms with E-state index in [0.29, 0.717) is 0 Å². The average molecular weight is 132 g/mol. The maximum absolute atomic E-state index is 3.70. The molecule has 0 bridgehead atoms. The third kappa shape index (κ3) is 185. The Bertz CT molecular complexity index is 12.8. The Morgan fingerprint density at radius 1 is 1.14 bits per heavy atom. The van der Waals surface area contributed by atoms with E-state index in [9.17, 15) is 0 Å². The van der Waals surface area contributed by atoms with Gasteiger partial charge in [0.2, 0.25) is 0 Å². The number of hydrogen-bond donors (Lipinski definition) is 0. The van der Waals surface area contributed by atoms with Crippen LogP contribution in [0, 0.1) is 21.5 Å². The monoisotopic (exact) mass is 132 g/mol. The first-order chi connectivity index (χ1) is 1.73. The first-order valence-electron chi connectivity index (χ1n) is 1.21. The summed E-state index contributed by atoms with van der Waals surface area (Å²) in [5.74, 6) is 0. The van der Waals surface area contributed by atoms with Crippen molar-refractivity contribution in [3.8, 4) is 0 Å². The average Bonchev–Trinajstić information content (AvgIpc) is 0.811. The summed E-state index contributed by atoms with van der Waals surface area (Å²) in [7, 11) is 0.130. The van der Waals surface area contributed by atoms with E-state index in [1.165, 1.54) is 0 Å². The molecule has 0 atom stereocenters. The van der Waals surface area contributed by atoms with Gasteiger partial charge in [0, 0.05) is 0 Å². The first-order valence-corrected chi connectivity index (χ1v) is 3.63. The molecule has 0 radical (unpaired) electrons.